The second kappa shape index (κ2) is 2.84. The van der Waals surface area contributed by atoms with Crippen LogP contribution in [0.2, 0.25) is 0 Å². The van der Waals surface area contributed by atoms with Gasteiger partial charge in [0, 0.05) is 19.0 Å². The summed E-state index contributed by atoms with van der Waals surface area (Å²) < 4.78 is 0. The Morgan fingerprint density at radius 3 is 2.82 bits per heavy atom. The van der Waals surface area contributed by atoms with E-state index in [0.29, 0.717) is 6.04 Å². The van der Waals surface area contributed by atoms with Crippen molar-refractivity contribution in [2.45, 2.75) is 38.6 Å². The predicted octanol–water partition coefficient (Wildman–Crippen LogP) is 1.57. The van der Waals surface area contributed by atoms with Crippen LogP contribution in [0, 0.1) is 5.92 Å². The fraction of sp³-hybridized carbons (Fsp3) is 0.889. The van der Waals surface area contributed by atoms with Crippen LogP contribution in [-0.4, -0.2) is 18.4 Å². The molecule has 1 saturated carbocycles. The summed E-state index contributed by atoms with van der Waals surface area (Å²) in [7, 11) is 0. The van der Waals surface area contributed by atoms with Crippen molar-refractivity contribution in [2.24, 2.45) is 10.9 Å². The smallest absolute Gasteiger partial charge is 0.0965 e. The molecular weight excluding hydrogens is 136 g/mol. The largest absolute Gasteiger partial charge is 0.371 e. The number of nitrogens with zero attached hydrogens (tertiary/aromatic N) is 1. The summed E-state index contributed by atoms with van der Waals surface area (Å²) in [6, 6.07) is 0.660. The number of hydrogen-bond donors (Lipinski definition) is 1. The van der Waals surface area contributed by atoms with Crippen molar-refractivity contribution in [1.82, 2.24) is 5.32 Å². The second-order valence-corrected chi connectivity index (χ2v) is 3.81. The van der Waals surface area contributed by atoms with Crippen LogP contribution in [0.1, 0.15) is 32.6 Å². The summed E-state index contributed by atoms with van der Waals surface area (Å²) in [5.41, 5.74) is 0. The highest BCUT2D eigenvalue weighted by Crippen LogP contribution is 2.29. The first-order valence-electron chi connectivity index (χ1n) is 4.64. The number of aliphatic imine (C=N–C) groups is 1. The van der Waals surface area contributed by atoms with Crippen LogP contribution in [0.4, 0.5) is 0 Å². The lowest BCUT2D eigenvalue weighted by molar-refractivity contribution is 0.690. The van der Waals surface area contributed by atoms with Gasteiger partial charge in [-0.05, 0) is 32.1 Å². The highest BCUT2D eigenvalue weighted by atomic mass is 15.0. The van der Waals surface area contributed by atoms with Crippen LogP contribution in [0.25, 0.3) is 0 Å². The first-order chi connectivity index (χ1) is 5.34. The molecule has 1 heterocycles. The highest BCUT2D eigenvalue weighted by Gasteiger charge is 2.21. The first-order valence-corrected chi connectivity index (χ1v) is 4.64. The van der Waals surface area contributed by atoms with E-state index < -0.39 is 0 Å². The lowest BCUT2D eigenvalue weighted by atomic mass is 10.2. The SMILES string of the molecule is CC1CCC(=NCC2CC2)N1. The number of nitrogens with one attached hydrogen (secondary N) is 1. The van der Waals surface area contributed by atoms with Gasteiger partial charge in [0.15, 0.2) is 0 Å². The van der Waals surface area contributed by atoms with E-state index in [1.807, 2.05) is 0 Å². The molecule has 0 radical (unpaired) electrons. The molecule has 2 aliphatic rings. The maximum absolute atomic E-state index is 4.54. The molecule has 0 amide bonds. The summed E-state index contributed by atoms with van der Waals surface area (Å²) in [4.78, 5) is 4.54. The molecule has 0 aromatic rings. The van der Waals surface area contributed by atoms with Gasteiger partial charge in [-0.2, -0.15) is 0 Å². The minimum atomic E-state index is 0.660. The number of hydrogen-bond acceptors (Lipinski definition) is 1. The van der Waals surface area contributed by atoms with Crippen LogP contribution in [-0.2, 0) is 0 Å². The van der Waals surface area contributed by atoms with Gasteiger partial charge in [-0.25, -0.2) is 0 Å². The quantitative estimate of drug-likeness (QED) is 0.638. The number of rotatable bonds is 2. The van der Waals surface area contributed by atoms with Gasteiger partial charge in [-0.15, -0.1) is 0 Å². The average Bonchev–Trinajstić information content (AvgIpc) is 2.72. The Bertz CT molecular complexity index is 170. The van der Waals surface area contributed by atoms with E-state index in [0.717, 1.165) is 12.5 Å². The maximum atomic E-state index is 4.54. The third-order valence-corrected chi connectivity index (χ3v) is 2.46. The molecule has 0 aromatic heterocycles. The van der Waals surface area contributed by atoms with E-state index in [4.69, 9.17) is 0 Å². The number of amidine groups is 1. The summed E-state index contributed by atoms with van der Waals surface area (Å²) in [6.07, 6.45) is 5.26. The third-order valence-electron chi connectivity index (χ3n) is 2.46. The van der Waals surface area contributed by atoms with Crippen LogP contribution in [0.3, 0.4) is 0 Å². The van der Waals surface area contributed by atoms with Crippen molar-refractivity contribution < 1.29 is 0 Å². The molecule has 0 bridgehead atoms. The molecule has 2 heteroatoms. The molecule has 1 aliphatic heterocycles. The van der Waals surface area contributed by atoms with Crippen LogP contribution < -0.4 is 5.32 Å². The molecule has 1 saturated heterocycles. The van der Waals surface area contributed by atoms with Crippen molar-refractivity contribution in [1.29, 1.82) is 0 Å². The zero-order valence-electron chi connectivity index (χ0n) is 7.14. The lowest BCUT2D eigenvalue weighted by Gasteiger charge is -2.01. The molecule has 0 spiro atoms. The standard InChI is InChI=1S/C9H16N2/c1-7-2-5-9(11-7)10-6-8-3-4-8/h7-8H,2-6H2,1H3,(H,10,11). The third kappa shape index (κ3) is 1.95. The Hall–Kier alpha value is -0.530. The van der Waals surface area contributed by atoms with E-state index in [2.05, 4.69) is 17.2 Å². The van der Waals surface area contributed by atoms with Gasteiger partial charge >= 0.3 is 0 Å². The fourth-order valence-corrected chi connectivity index (χ4v) is 1.45. The van der Waals surface area contributed by atoms with E-state index >= 15 is 0 Å². The molecule has 2 rings (SSSR count). The van der Waals surface area contributed by atoms with E-state index in [9.17, 15) is 0 Å². The summed E-state index contributed by atoms with van der Waals surface area (Å²) in [6.45, 7) is 3.30. The Labute approximate surface area is 68.1 Å². The van der Waals surface area contributed by atoms with Crippen molar-refractivity contribution in [3.63, 3.8) is 0 Å². The van der Waals surface area contributed by atoms with Gasteiger partial charge < -0.3 is 5.32 Å². The zero-order chi connectivity index (χ0) is 7.68. The van der Waals surface area contributed by atoms with E-state index in [1.54, 1.807) is 0 Å². The minimum Gasteiger partial charge on any atom is -0.371 e. The minimum absolute atomic E-state index is 0.660. The van der Waals surface area contributed by atoms with Crippen LogP contribution in [0.5, 0.6) is 0 Å². The molecule has 62 valence electrons. The summed E-state index contributed by atoms with van der Waals surface area (Å²) in [5, 5.41) is 3.39. The lowest BCUT2D eigenvalue weighted by Crippen LogP contribution is -2.22. The molecule has 0 aromatic carbocycles. The maximum Gasteiger partial charge on any atom is 0.0965 e. The molecule has 11 heavy (non-hydrogen) atoms. The Morgan fingerprint density at radius 2 is 2.27 bits per heavy atom. The molecular formula is C9H16N2. The van der Waals surface area contributed by atoms with Gasteiger partial charge in [-0.3, -0.25) is 4.99 Å². The predicted molar refractivity (Wildman–Crippen MR) is 46.9 cm³/mol. The van der Waals surface area contributed by atoms with Crippen LogP contribution in [0.15, 0.2) is 4.99 Å². The van der Waals surface area contributed by atoms with E-state index in [-0.39, 0.29) is 0 Å². The summed E-state index contributed by atoms with van der Waals surface area (Å²) >= 11 is 0. The van der Waals surface area contributed by atoms with Crippen molar-refractivity contribution in [3.8, 4) is 0 Å². The topological polar surface area (TPSA) is 24.4 Å². The van der Waals surface area contributed by atoms with Gasteiger partial charge in [0.05, 0.1) is 5.84 Å². The second-order valence-electron chi connectivity index (χ2n) is 3.81. The Balaban J connectivity index is 1.79. The molecule has 1 unspecified atom stereocenters. The van der Waals surface area contributed by atoms with Gasteiger partial charge in [0.2, 0.25) is 0 Å². The van der Waals surface area contributed by atoms with Crippen LogP contribution >= 0.6 is 0 Å². The molecule has 2 nitrogen and oxygen atoms in total. The first kappa shape index (κ1) is 7.14. The van der Waals surface area contributed by atoms with Gasteiger partial charge in [0.25, 0.3) is 0 Å². The average molecular weight is 152 g/mol. The molecule has 2 fully saturated rings. The Morgan fingerprint density at radius 1 is 1.45 bits per heavy atom. The molecule has 1 atom stereocenters. The summed E-state index contributed by atoms with van der Waals surface area (Å²) in [5.74, 6) is 2.18. The van der Waals surface area contributed by atoms with Gasteiger partial charge in [0.1, 0.15) is 0 Å². The monoisotopic (exact) mass is 152 g/mol. The fourth-order valence-electron chi connectivity index (χ4n) is 1.45. The van der Waals surface area contributed by atoms with E-state index in [1.165, 1.54) is 31.5 Å². The van der Waals surface area contributed by atoms with Crippen molar-refractivity contribution in [2.75, 3.05) is 6.54 Å². The zero-order valence-corrected chi connectivity index (χ0v) is 7.14. The molecule has 1 N–H and O–H groups in total. The van der Waals surface area contributed by atoms with Crippen molar-refractivity contribution >= 4 is 5.84 Å². The normalized spacial score (nSPS) is 34.3. The highest BCUT2D eigenvalue weighted by molar-refractivity contribution is 5.84. The van der Waals surface area contributed by atoms with Gasteiger partial charge in [-0.1, -0.05) is 0 Å². The Kier molecular flexibility index (Phi) is 1.84. The molecule has 1 aliphatic carbocycles. The van der Waals surface area contributed by atoms with Crippen molar-refractivity contribution in [3.05, 3.63) is 0 Å².